The first-order valence-electron chi connectivity index (χ1n) is 4.72. The quantitative estimate of drug-likeness (QED) is 0.883. The van der Waals surface area contributed by atoms with E-state index in [1.165, 1.54) is 0 Å². The molecule has 0 aliphatic carbocycles. The molecule has 0 heterocycles. The molecule has 15 heavy (non-hydrogen) atoms. The van der Waals surface area contributed by atoms with Gasteiger partial charge in [-0.2, -0.15) is 0 Å². The number of carbonyl (C=O) groups is 1. The fourth-order valence-corrected chi connectivity index (χ4v) is 2.10. The summed E-state index contributed by atoms with van der Waals surface area (Å²) < 4.78 is 0.995. The molecule has 0 aliphatic heterocycles. The first-order chi connectivity index (χ1) is 7.04. The van der Waals surface area contributed by atoms with Crippen LogP contribution < -0.4 is 5.73 Å². The third-order valence-corrected chi connectivity index (χ3v) is 2.87. The lowest BCUT2D eigenvalue weighted by Gasteiger charge is -2.15. The first-order valence-corrected chi connectivity index (χ1v) is 5.51. The van der Waals surface area contributed by atoms with Crippen molar-refractivity contribution in [2.24, 2.45) is 5.73 Å². The Hall–Kier alpha value is -0.870. The SMILES string of the molecule is Cc1cc(Br)ccc1C(CN)CC(=O)O. The molecule has 0 aromatic heterocycles. The monoisotopic (exact) mass is 271 g/mol. The number of aryl methyl sites for hydroxylation is 1. The van der Waals surface area contributed by atoms with Gasteiger partial charge in [0.25, 0.3) is 0 Å². The number of carboxylic acid groups (broad SMARTS) is 1. The van der Waals surface area contributed by atoms with Gasteiger partial charge in [0.1, 0.15) is 0 Å². The number of aliphatic carboxylic acids is 1. The summed E-state index contributed by atoms with van der Waals surface area (Å²) in [6.07, 6.45) is 0.0823. The summed E-state index contributed by atoms with van der Waals surface area (Å²) in [5.41, 5.74) is 7.67. The van der Waals surface area contributed by atoms with Gasteiger partial charge in [0.05, 0.1) is 6.42 Å². The molecule has 1 rings (SSSR count). The number of rotatable bonds is 4. The smallest absolute Gasteiger partial charge is 0.304 e. The summed E-state index contributed by atoms with van der Waals surface area (Å²) in [5, 5.41) is 8.76. The molecule has 0 fully saturated rings. The predicted molar refractivity (Wildman–Crippen MR) is 62.9 cm³/mol. The molecule has 3 N–H and O–H groups in total. The van der Waals surface area contributed by atoms with E-state index >= 15 is 0 Å². The van der Waals surface area contributed by atoms with Crippen LogP contribution >= 0.6 is 15.9 Å². The van der Waals surface area contributed by atoms with Crippen LogP contribution in [0.25, 0.3) is 0 Å². The molecule has 0 saturated heterocycles. The summed E-state index contributed by atoms with van der Waals surface area (Å²) in [4.78, 5) is 10.7. The maximum atomic E-state index is 10.7. The fourth-order valence-electron chi connectivity index (χ4n) is 1.63. The second-order valence-corrected chi connectivity index (χ2v) is 4.45. The van der Waals surface area contributed by atoms with Crippen molar-refractivity contribution >= 4 is 21.9 Å². The van der Waals surface area contributed by atoms with E-state index in [-0.39, 0.29) is 12.3 Å². The van der Waals surface area contributed by atoms with Crippen LogP contribution in [0.4, 0.5) is 0 Å². The van der Waals surface area contributed by atoms with Gasteiger partial charge in [-0.25, -0.2) is 0 Å². The highest BCUT2D eigenvalue weighted by atomic mass is 79.9. The van der Waals surface area contributed by atoms with E-state index in [1.807, 2.05) is 25.1 Å². The molecule has 3 nitrogen and oxygen atoms in total. The highest BCUT2D eigenvalue weighted by molar-refractivity contribution is 9.10. The van der Waals surface area contributed by atoms with Gasteiger partial charge in [0, 0.05) is 10.4 Å². The largest absolute Gasteiger partial charge is 0.481 e. The molecule has 0 spiro atoms. The van der Waals surface area contributed by atoms with Gasteiger partial charge in [-0.15, -0.1) is 0 Å². The van der Waals surface area contributed by atoms with Crippen molar-refractivity contribution in [3.05, 3.63) is 33.8 Å². The summed E-state index contributed by atoms with van der Waals surface area (Å²) in [6, 6.07) is 5.81. The average molecular weight is 272 g/mol. The van der Waals surface area contributed by atoms with Crippen LogP contribution in [0, 0.1) is 6.92 Å². The van der Waals surface area contributed by atoms with E-state index in [0.29, 0.717) is 6.54 Å². The predicted octanol–water partition coefficient (Wildman–Crippen LogP) is 2.27. The lowest BCUT2D eigenvalue weighted by atomic mass is 9.92. The van der Waals surface area contributed by atoms with E-state index in [2.05, 4.69) is 15.9 Å². The van der Waals surface area contributed by atoms with Crippen molar-refractivity contribution in [2.75, 3.05) is 6.54 Å². The number of halogens is 1. The average Bonchev–Trinajstić information content (AvgIpc) is 2.14. The second-order valence-electron chi connectivity index (χ2n) is 3.53. The van der Waals surface area contributed by atoms with Gasteiger partial charge < -0.3 is 10.8 Å². The Balaban J connectivity index is 2.96. The van der Waals surface area contributed by atoms with Crippen LogP contribution in [0.3, 0.4) is 0 Å². The molecule has 0 amide bonds. The van der Waals surface area contributed by atoms with Gasteiger partial charge >= 0.3 is 5.97 Å². The third-order valence-electron chi connectivity index (χ3n) is 2.38. The lowest BCUT2D eigenvalue weighted by molar-refractivity contribution is -0.137. The molecule has 1 aromatic rings. The summed E-state index contributed by atoms with van der Waals surface area (Å²) in [7, 11) is 0. The van der Waals surface area contributed by atoms with Crippen LogP contribution in [0.5, 0.6) is 0 Å². The number of hydrogen-bond acceptors (Lipinski definition) is 2. The Bertz CT molecular complexity index is 366. The van der Waals surface area contributed by atoms with Crippen LogP contribution in [0.15, 0.2) is 22.7 Å². The van der Waals surface area contributed by atoms with Crippen molar-refractivity contribution < 1.29 is 9.90 Å². The Kier molecular flexibility index (Phi) is 4.29. The molecular formula is C11H14BrNO2. The summed E-state index contributed by atoms with van der Waals surface area (Å²) >= 11 is 3.37. The Morgan fingerprint density at radius 2 is 2.27 bits per heavy atom. The summed E-state index contributed by atoms with van der Waals surface area (Å²) in [5.74, 6) is -0.914. The zero-order valence-corrected chi connectivity index (χ0v) is 10.1. The van der Waals surface area contributed by atoms with Crippen LogP contribution in [0.2, 0.25) is 0 Å². The minimum Gasteiger partial charge on any atom is -0.481 e. The van der Waals surface area contributed by atoms with E-state index in [1.54, 1.807) is 0 Å². The highest BCUT2D eigenvalue weighted by Crippen LogP contribution is 2.24. The normalized spacial score (nSPS) is 12.5. The molecule has 1 atom stereocenters. The minimum absolute atomic E-state index is 0.0823. The molecule has 1 aromatic carbocycles. The Morgan fingerprint density at radius 1 is 1.60 bits per heavy atom. The van der Waals surface area contributed by atoms with E-state index in [4.69, 9.17) is 10.8 Å². The minimum atomic E-state index is -0.812. The third kappa shape index (κ3) is 3.32. The Morgan fingerprint density at radius 3 is 2.73 bits per heavy atom. The van der Waals surface area contributed by atoms with Gasteiger partial charge in [-0.3, -0.25) is 4.79 Å². The zero-order valence-electron chi connectivity index (χ0n) is 8.53. The second kappa shape index (κ2) is 5.28. The molecule has 1 unspecified atom stereocenters. The number of hydrogen-bond donors (Lipinski definition) is 2. The molecule has 0 aliphatic rings. The van der Waals surface area contributed by atoms with Gasteiger partial charge in [-0.05, 0) is 36.7 Å². The van der Waals surface area contributed by atoms with Crippen LogP contribution in [-0.4, -0.2) is 17.6 Å². The van der Waals surface area contributed by atoms with Crippen molar-refractivity contribution in [3.8, 4) is 0 Å². The molecule has 0 bridgehead atoms. The van der Waals surface area contributed by atoms with Gasteiger partial charge in [0.2, 0.25) is 0 Å². The van der Waals surface area contributed by atoms with E-state index in [9.17, 15) is 4.79 Å². The summed E-state index contributed by atoms with van der Waals surface area (Å²) in [6.45, 7) is 2.32. The van der Waals surface area contributed by atoms with Crippen molar-refractivity contribution in [3.63, 3.8) is 0 Å². The molecule has 82 valence electrons. The first kappa shape index (κ1) is 12.2. The standard InChI is InChI=1S/C11H14BrNO2/c1-7-4-9(12)2-3-10(7)8(6-13)5-11(14)15/h2-4,8H,5-6,13H2,1H3,(H,14,15). The fraction of sp³-hybridized carbons (Fsp3) is 0.364. The van der Waals surface area contributed by atoms with Crippen LogP contribution in [-0.2, 0) is 4.79 Å². The molecular weight excluding hydrogens is 258 g/mol. The number of nitrogens with two attached hydrogens (primary N) is 1. The maximum Gasteiger partial charge on any atom is 0.304 e. The lowest BCUT2D eigenvalue weighted by Crippen LogP contribution is -2.17. The number of benzene rings is 1. The molecule has 4 heteroatoms. The van der Waals surface area contributed by atoms with Crippen molar-refractivity contribution in [1.82, 2.24) is 0 Å². The molecule has 0 saturated carbocycles. The van der Waals surface area contributed by atoms with Crippen LogP contribution in [0.1, 0.15) is 23.5 Å². The van der Waals surface area contributed by atoms with Gasteiger partial charge in [0.15, 0.2) is 0 Å². The number of carboxylic acids is 1. The topological polar surface area (TPSA) is 63.3 Å². The molecule has 0 radical (unpaired) electrons. The highest BCUT2D eigenvalue weighted by Gasteiger charge is 2.15. The van der Waals surface area contributed by atoms with Crippen molar-refractivity contribution in [1.29, 1.82) is 0 Å². The Labute approximate surface area is 97.4 Å². The zero-order chi connectivity index (χ0) is 11.4. The van der Waals surface area contributed by atoms with E-state index in [0.717, 1.165) is 15.6 Å². The van der Waals surface area contributed by atoms with Crippen molar-refractivity contribution in [2.45, 2.75) is 19.3 Å². The van der Waals surface area contributed by atoms with E-state index < -0.39 is 5.97 Å². The van der Waals surface area contributed by atoms with Gasteiger partial charge in [-0.1, -0.05) is 22.0 Å². The maximum absolute atomic E-state index is 10.7.